The molecule has 4 N–H and O–H groups in total. The number of amides is 2. The van der Waals surface area contributed by atoms with Crippen molar-refractivity contribution in [2.24, 2.45) is 5.73 Å². The quantitative estimate of drug-likeness (QED) is 0.749. The molecule has 0 aliphatic rings. The zero-order valence-electron chi connectivity index (χ0n) is 10.4. The van der Waals surface area contributed by atoms with Gasteiger partial charge in [0.1, 0.15) is 0 Å². The van der Waals surface area contributed by atoms with Gasteiger partial charge in [0, 0.05) is 24.2 Å². The molecule has 2 amide bonds. The number of benzene rings is 1. The number of rotatable bonds is 5. The third-order valence-corrected chi connectivity index (χ3v) is 2.38. The van der Waals surface area contributed by atoms with E-state index in [1.807, 2.05) is 0 Å². The van der Waals surface area contributed by atoms with E-state index in [1.54, 1.807) is 32.2 Å². The van der Waals surface area contributed by atoms with Crippen LogP contribution in [0.25, 0.3) is 0 Å². The van der Waals surface area contributed by atoms with Crippen LogP contribution in [0.3, 0.4) is 0 Å². The van der Waals surface area contributed by atoms with Gasteiger partial charge in [0.05, 0.1) is 0 Å². The van der Waals surface area contributed by atoms with Gasteiger partial charge in [-0.25, -0.2) is 0 Å². The van der Waals surface area contributed by atoms with Crippen molar-refractivity contribution in [1.29, 1.82) is 0 Å². The first-order valence-corrected chi connectivity index (χ1v) is 5.39. The third kappa shape index (κ3) is 4.73. The van der Waals surface area contributed by atoms with Gasteiger partial charge in [0.15, 0.2) is 0 Å². The van der Waals surface area contributed by atoms with Crippen molar-refractivity contribution in [3.63, 3.8) is 0 Å². The highest BCUT2D eigenvalue weighted by atomic mass is 35.5. The number of nitrogens with two attached hydrogens (primary N) is 1. The van der Waals surface area contributed by atoms with E-state index in [9.17, 15) is 9.59 Å². The molecule has 0 spiro atoms. The Labute approximate surface area is 113 Å². The van der Waals surface area contributed by atoms with Gasteiger partial charge in [-0.3, -0.25) is 9.59 Å². The van der Waals surface area contributed by atoms with Crippen LogP contribution in [0.15, 0.2) is 18.2 Å². The maximum atomic E-state index is 11.5. The van der Waals surface area contributed by atoms with Gasteiger partial charge in [0.2, 0.25) is 11.8 Å². The molecule has 0 aliphatic heterocycles. The fraction of sp³-hybridized carbons (Fsp3) is 0.333. The number of hydrogen-bond acceptors (Lipinski definition) is 3. The Balaban J connectivity index is 0.00000289. The van der Waals surface area contributed by atoms with E-state index in [0.29, 0.717) is 24.2 Å². The second kappa shape index (κ2) is 7.68. The molecule has 1 aromatic carbocycles. The second-order valence-corrected chi connectivity index (χ2v) is 3.80. The smallest absolute Gasteiger partial charge is 0.248 e. The molecule has 0 saturated heterocycles. The topological polar surface area (TPSA) is 84.2 Å². The average molecular weight is 272 g/mol. The lowest BCUT2D eigenvalue weighted by Gasteiger charge is -2.08. The summed E-state index contributed by atoms with van der Waals surface area (Å²) in [5.41, 5.74) is 7.10. The predicted molar refractivity (Wildman–Crippen MR) is 74.1 cm³/mol. The first-order chi connectivity index (χ1) is 8.04. The molecule has 0 aliphatic carbocycles. The minimum absolute atomic E-state index is 0. The Hall–Kier alpha value is -1.59. The largest absolute Gasteiger partial charge is 0.366 e. The number of nitrogens with one attached hydrogen (secondary N) is 2. The minimum atomic E-state index is -0.462. The lowest BCUT2D eigenvalue weighted by atomic mass is 10.1. The van der Waals surface area contributed by atoms with Gasteiger partial charge in [-0.15, -0.1) is 12.4 Å². The van der Waals surface area contributed by atoms with Crippen LogP contribution in [0.4, 0.5) is 5.69 Å². The van der Waals surface area contributed by atoms with Crippen LogP contribution >= 0.6 is 12.4 Å². The summed E-state index contributed by atoms with van der Waals surface area (Å²) in [5, 5.41) is 5.65. The molecule has 1 aromatic rings. The second-order valence-electron chi connectivity index (χ2n) is 3.80. The van der Waals surface area contributed by atoms with Crippen LogP contribution in [0.1, 0.15) is 22.3 Å². The summed E-state index contributed by atoms with van der Waals surface area (Å²) >= 11 is 0. The normalized spacial score (nSPS) is 9.44. The number of carbonyl (C=O) groups is 2. The summed E-state index contributed by atoms with van der Waals surface area (Å²) in [6.45, 7) is 2.41. The fourth-order valence-corrected chi connectivity index (χ4v) is 1.48. The van der Waals surface area contributed by atoms with E-state index in [4.69, 9.17) is 5.73 Å². The van der Waals surface area contributed by atoms with E-state index in [0.717, 1.165) is 5.56 Å². The molecule has 0 aromatic heterocycles. The Morgan fingerprint density at radius 1 is 1.33 bits per heavy atom. The highest BCUT2D eigenvalue weighted by Crippen LogP contribution is 2.14. The molecule has 18 heavy (non-hydrogen) atoms. The Morgan fingerprint density at radius 3 is 2.50 bits per heavy atom. The van der Waals surface area contributed by atoms with Gasteiger partial charge >= 0.3 is 0 Å². The molecule has 100 valence electrons. The fourth-order valence-electron chi connectivity index (χ4n) is 1.48. The van der Waals surface area contributed by atoms with E-state index < -0.39 is 5.91 Å². The van der Waals surface area contributed by atoms with Gasteiger partial charge in [0.25, 0.3) is 0 Å². The Kier molecular flexibility index (Phi) is 7.00. The number of primary amides is 1. The third-order valence-electron chi connectivity index (χ3n) is 2.38. The lowest BCUT2D eigenvalue weighted by molar-refractivity contribution is -0.116. The summed E-state index contributed by atoms with van der Waals surface area (Å²) in [5.74, 6) is -0.527. The van der Waals surface area contributed by atoms with Gasteiger partial charge in [-0.2, -0.15) is 0 Å². The Bertz CT molecular complexity index is 435. The number of hydrogen-bond donors (Lipinski definition) is 3. The molecule has 0 fully saturated rings. The van der Waals surface area contributed by atoms with Crippen molar-refractivity contribution in [3.8, 4) is 0 Å². The molecule has 0 bridgehead atoms. The zero-order valence-corrected chi connectivity index (χ0v) is 11.3. The number of halogens is 1. The molecule has 5 nitrogen and oxygen atoms in total. The van der Waals surface area contributed by atoms with Crippen molar-refractivity contribution in [2.75, 3.05) is 18.9 Å². The van der Waals surface area contributed by atoms with Crippen LogP contribution in [-0.2, 0) is 4.79 Å². The predicted octanol–water partition coefficient (Wildman–Crippen LogP) is 1.06. The molecule has 0 radical (unpaired) electrons. The standard InChI is InChI=1S/C12H17N3O2.ClH/c1-8-7-9(3-4-10(8)12(13)17)15-11(16)5-6-14-2;/h3-4,7,14H,5-6H2,1-2H3,(H2,13,17)(H,15,16);1H. The number of anilines is 1. The Morgan fingerprint density at radius 2 is 2.00 bits per heavy atom. The van der Waals surface area contributed by atoms with E-state index in [2.05, 4.69) is 10.6 Å². The molecule has 6 heteroatoms. The van der Waals surface area contributed by atoms with Crippen molar-refractivity contribution >= 4 is 29.9 Å². The van der Waals surface area contributed by atoms with E-state index in [-0.39, 0.29) is 18.3 Å². The van der Waals surface area contributed by atoms with Crippen molar-refractivity contribution in [3.05, 3.63) is 29.3 Å². The first kappa shape index (κ1) is 16.4. The molecular formula is C12H18ClN3O2. The summed E-state index contributed by atoms with van der Waals surface area (Å²) in [6.07, 6.45) is 0.410. The highest BCUT2D eigenvalue weighted by Gasteiger charge is 2.07. The summed E-state index contributed by atoms with van der Waals surface area (Å²) < 4.78 is 0. The number of carbonyl (C=O) groups excluding carboxylic acids is 2. The van der Waals surface area contributed by atoms with E-state index in [1.165, 1.54) is 0 Å². The molecule has 0 heterocycles. The van der Waals surface area contributed by atoms with Crippen LogP contribution < -0.4 is 16.4 Å². The highest BCUT2D eigenvalue weighted by molar-refractivity contribution is 5.96. The van der Waals surface area contributed by atoms with Crippen molar-refractivity contribution in [1.82, 2.24) is 5.32 Å². The van der Waals surface area contributed by atoms with Crippen molar-refractivity contribution < 1.29 is 9.59 Å². The molecule has 1 rings (SSSR count). The monoisotopic (exact) mass is 271 g/mol. The average Bonchev–Trinajstić information content (AvgIpc) is 2.26. The van der Waals surface area contributed by atoms with E-state index >= 15 is 0 Å². The van der Waals surface area contributed by atoms with Crippen LogP contribution in [0, 0.1) is 6.92 Å². The van der Waals surface area contributed by atoms with Gasteiger partial charge < -0.3 is 16.4 Å². The molecule has 0 atom stereocenters. The van der Waals surface area contributed by atoms with Crippen molar-refractivity contribution in [2.45, 2.75) is 13.3 Å². The van der Waals surface area contributed by atoms with Crippen LogP contribution in [0.2, 0.25) is 0 Å². The molecule has 0 unspecified atom stereocenters. The maximum absolute atomic E-state index is 11.5. The summed E-state index contributed by atoms with van der Waals surface area (Å²) in [7, 11) is 1.79. The van der Waals surface area contributed by atoms with Gasteiger partial charge in [-0.05, 0) is 37.7 Å². The lowest BCUT2D eigenvalue weighted by Crippen LogP contribution is -2.19. The van der Waals surface area contributed by atoms with Gasteiger partial charge in [-0.1, -0.05) is 0 Å². The van der Waals surface area contributed by atoms with Crippen LogP contribution in [-0.4, -0.2) is 25.4 Å². The molecular weight excluding hydrogens is 254 g/mol. The number of aryl methyl sites for hydroxylation is 1. The summed E-state index contributed by atoms with van der Waals surface area (Å²) in [4.78, 5) is 22.5. The summed E-state index contributed by atoms with van der Waals surface area (Å²) in [6, 6.07) is 5.02. The first-order valence-electron chi connectivity index (χ1n) is 5.39. The van der Waals surface area contributed by atoms with Crippen LogP contribution in [0.5, 0.6) is 0 Å². The SMILES string of the molecule is CNCCC(=O)Nc1ccc(C(N)=O)c(C)c1.Cl. The minimum Gasteiger partial charge on any atom is -0.366 e. The molecule has 0 saturated carbocycles. The zero-order chi connectivity index (χ0) is 12.8. The maximum Gasteiger partial charge on any atom is 0.248 e.